The van der Waals surface area contributed by atoms with Crippen LogP contribution in [0.1, 0.15) is 30.4 Å². The Morgan fingerprint density at radius 3 is 2.21 bits per heavy atom. The third-order valence-electron chi connectivity index (χ3n) is 3.25. The summed E-state index contributed by atoms with van der Waals surface area (Å²) in [6, 6.07) is 17.2. The second-order valence-corrected chi connectivity index (χ2v) is 4.72. The highest BCUT2D eigenvalue weighted by atomic mass is 19.1. The van der Waals surface area contributed by atoms with E-state index in [9.17, 15) is 4.39 Å². The highest BCUT2D eigenvalue weighted by molar-refractivity contribution is 5.33. The van der Waals surface area contributed by atoms with Crippen LogP contribution in [0.3, 0.4) is 0 Å². The van der Waals surface area contributed by atoms with Crippen molar-refractivity contribution in [3.63, 3.8) is 0 Å². The van der Waals surface area contributed by atoms with Crippen LogP contribution in [0.2, 0.25) is 0 Å². The quantitative estimate of drug-likeness (QED) is 0.772. The Hall–Kier alpha value is -1.67. The lowest BCUT2D eigenvalue weighted by Crippen LogP contribution is -2.23. The number of halogens is 1. The molecule has 0 aromatic heterocycles. The van der Waals surface area contributed by atoms with Crippen molar-refractivity contribution in [1.29, 1.82) is 0 Å². The molecule has 0 aliphatic carbocycles. The highest BCUT2D eigenvalue weighted by Gasteiger charge is 2.13. The molecular formula is C17H20FN. The van der Waals surface area contributed by atoms with E-state index in [0.717, 1.165) is 25.1 Å². The molecule has 19 heavy (non-hydrogen) atoms. The van der Waals surface area contributed by atoms with E-state index in [0.29, 0.717) is 0 Å². The predicted octanol–water partition coefficient (Wildman–Crippen LogP) is 3.96. The molecule has 2 aromatic rings. The molecule has 1 atom stereocenters. The molecule has 0 radical (unpaired) electrons. The molecular weight excluding hydrogens is 237 g/mol. The zero-order chi connectivity index (χ0) is 13.5. The summed E-state index contributed by atoms with van der Waals surface area (Å²) in [5.74, 6) is 0.0884. The second-order valence-electron chi connectivity index (χ2n) is 4.72. The fourth-order valence-electron chi connectivity index (χ4n) is 2.23. The minimum atomic E-state index is -0.183. The number of nitrogens with one attached hydrogen (secondary N) is 1. The molecule has 0 bridgehead atoms. The summed E-state index contributed by atoms with van der Waals surface area (Å²) in [5, 5.41) is 3.45. The van der Waals surface area contributed by atoms with Gasteiger partial charge in [-0.3, -0.25) is 0 Å². The van der Waals surface area contributed by atoms with E-state index < -0.39 is 0 Å². The molecule has 1 unspecified atom stereocenters. The maximum absolute atomic E-state index is 13.0. The lowest BCUT2D eigenvalue weighted by molar-refractivity contribution is 0.616. The van der Waals surface area contributed by atoms with Crippen LogP contribution in [0.15, 0.2) is 54.6 Å². The lowest BCUT2D eigenvalue weighted by atomic mass is 9.91. The maximum atomic E-state index is 13.0. The summed E-state index contributed by atoms with van der Waals surface area (Å²) in [6.07, 6.45) is 1.12. The van der Waals surface area contributed by atoms with Crippen LogP contribution in [0, 0.1) is 5.82 Å². The molecule has 0 amide bonds. The average Bonchev–Trinajstić information content (AvgIpc) is 2.46. The Morgan fingerprint density at radius 1 is 0.947 bits per heavy atom. The Balaban J connectivity index is 2.21. The van der Waals surface area contributed by atoms with E-state index in [-0.39, 0.29) is 11.7 Å². The minimum Gasteiger partial charge on any atom is -0.316 e. The van der Waals surface area contributed by atoms with Crippen molar-refractivity contribution in [1.82, 2.24) is 5.32 Å². The van der Waals surface area contributed by atoms with Gasteiger partial charge in [0, 0.05) is 12.5 Å². The van der Waals surface area contributed by atoms with Gasteiger partial charge in [0.05, 0.1) is 0 Å². The van der Waals surface area contributed by atoms with Crippen molar-refractivity contribution < 1.29 is 4.39 Å². The van der Waals surface area contributed by atoms with E-state index in [1.807, 2.05) is 30.3 Å². The van der Waals surface area contributed by atoms with Crippen LogP contribution in [0.5, 0.6) is 0 Å². The molecule has 0 saturated carbocycles. The number of hydrogen-bond donors (Lipinski definition) is 1. The van der Waals surface area contributed by atoms with Gasteiger partial charge in [0.2, 0.25) is 0 Å². The van der Waals surface area contributed by atoms with Gasteiger partial charge < -0.3 is 5.32 Å². The van der Waals surface area contributed by atoms with E-state index in [1.54, 1.807) is 0 Å². The molecule has 0 spiro atoms. The maximum Gasteiger partial charge on any atom is 0.123 e. The Labute approximate surface area is 114 Å². The monoisotopic (exact) mass is 257 g/mol. The minimum absolute atomic E-state index is 0.183. The van der Waals surface area contributed by atoms with E-state index >= 15 is 0 Å². The first-order valence-electron chi connectivity index (χ1n) is 6.82. The molecule has 2 rings (SSSR count). The van der Waals surface area contributed by atoms with Crippen LogP contribution in [0.4, 0.5) is 4.39 Å². The summed E-state index contributed by atoms with van der Waals surface area (Å²) in [5.41, 5.74) is 2.41. The van der Waals surface area contributed by atoms with Gasteiger partial charge in [-0.1, -0.05) is 49.4 Å². The van der Waals surface area contributed by atoms with Crippen molar-refractivity contribution in [3.05, 3.63) is 71.5 Å². The van der Waals surface area contributed by atoms with Crippen molar-refractivity contribution in [2.45, 2.75) is 19.3 Å². The molecule has 100 valence electrons. The van der Waals surface area contributed by atoms with Gasteiger partial charge >= 0.3 is 0 Å². The third kappa shape index (κ3) is 3.90. The first-order chi connectivity index (χ1) is 9.31. The zero-order valence-corrected chi connectivity index (χ0v) is 11.3. The summed E-state index contributed by atoms with van der Waals surface area (Å²) in [6.45, 7) is 4.04. The summed E-state index contributed by atoms with van der Waals surface area (Å²) < 4.78 is 13.0. The first kappa shape index (κ1) is 13.8. The molecule has 0 fully saturated rings. The highest BCUT2D eigenvalue weighted by Crippen LogP contribution is 2.24. The lowest BCUT2D eigenvalue weighted by Gasteiger charge is -2.18. The van der Waals surface area contributed by atoms with Gasteiger partial charge in [-0.25, -0.2) is 4.39 Å². The summed E-state index contributed by atoms with van der Waals surface area (Å²) >= 11 is 0. The van der Waals surface area contributed by atoms with Crippen molar-refractivity contribution >= 4 is 0 Å². The normalized spacial score (nSPS) is 12.3. The molecule has 1 nitrogen and oxygen atoms in total. The van der Waals surface area contributed by atoms with Crippen LogP contribution in [0.25, 0.3) is 0 Å². The molecule has 0 aliphatic heterocycles. The standard InChI is InChI=1S/C17H20FN/c1-2-12-19-13-17(14-6-4-3-5-7-14)15-8-10-16(18)11-9-15/h3-11,17,19H,2,12-13H2,1H3. The van der Waals surface area contributed by atoms with Crippen LogP contribution < -0.4 is 5.32 Å². The zero-order valence-electron chi connectivity index (χ0n) is 11.3. The van der Waals surface area contributed by atoms with Gasteiger partial charge in [0.25, 0.3) is 0 Å². The van der Waals surface area contributed by atoms with Gasteiger partial charge in [-0.15, -0.1) is 0 Å². The Kier molecular flexibility index (Phi) is 5.10. The number of benzene rings is 2. The molecule has 2 heteroatoms. The van der Waals surface area contributed by atoms with E-state index in [2.05, 4.69) is 24.4 Å². The SMILES string of the molecule is CCCNCC(c1ccccc1)c1ccc(F)cc1. The van der Waals surface area contributed by atoms with Crippen molar-refractivity contribution in [2.24, 2.45) is 0 Å². The Bertz CT molecular complexity index is 478. The fraction of sp³-hybridized carbons (Fsp3) is 0.294. The summed E-state index contributed by atoms with van der Waals surface area (Å²) in [4.78, 5) is 0. The van der Waals surface area contributed by atoms with E-state index in [1.165, 1.54) is 17.7 Å². The van der Waals surface area contributed by atoms with Gasteiger partial charge in [-0.05, 0) is 36.2 Å². The number of hydrogen-bond acceptors (Lipinski definition) is 1. The second kappa shape index (κ2) is 7.05. The molecule has 0 heterocycles. The Morgan fingerprint density at radius 2 is 1.58 bits per heavy atom. The van der Waals surface area contributed by atoms with Crippen LogP contribution in [-0.2, 0) is 0 Å². The summed E-state index contributed by atoms with van der Waals surface area (Å²) in [7, 11) is 0. The van der Waals surface area contributed by atoms with Crippen LogP contribution >= 0.6 is 0 Å². The third-order valence-corrected chi connectivity index (χ3v) is 3.25. The van der Waals surface area contributed by atoms with Crippen molar-refractivity contribution in [3.8, 4) is 0 Å². The van der Waals surface area contributed by atoms with Crippen molar-refractivity contribution in [2.75, 3.05) is 13.1 Å². The average molecular weight is 257 g/mol. The predicted molar refractivity (Wildman–Crippen MR) is 77.8 cm³/mol. The molecule has 2 aromatic carbocycles. The number of rotatable bonds is 6. The molecule has 1 N–H and O–H groups in total. The fourth-order valence-corrected chi connectivity index (χ4v) is 2.23. The smallest absolute Gasteiger partial charge is 0.123 e. The molecule has 0 saturated heterocycles. The van der Waals surface area contributed by atoms with Gasteiger partial charge in [0.1, 0.15) is 5.82 Å². The van der Waals surface area contributed by atoms with E-state index in [4.69, 9.17) is 0 Å². The van der Waals surface area contributed by atoms with Gasteiger partial charge in [-0.2, -0.15) is 0 Å². The topological polar surface area (TPSA) is 12.0 Å². The van der Waals surface area contributed by atoms with Crippen LogP contribution in [-0.4, -0.2) is 13.1 Å². The van der Waals surface area contributed by atoms with Gasteiger partial charge in [0.15, 0.2) is 0 Å². The molecule has 0 aliphatic rings. The largest absolute Gasteiger partial charge is 0.316 e. The first-order valence-corrected chi connectivity index (χ1v) is 6.82.